The lowest BCUT2D eigenvalue weighted by Crippen LogP contribution is -2.42. The maximum Gasteiger partial charge on any atom is 0.306 e. The number of carboxylic acid groups (broad SMARTS) is 1. The normalized spacial score (nSPS) is 31.8. The lowest BCUT2D eigenvalue weighted by atomic mass is 9.86. The molecule has 0 radical (unpaired) electrons. The lowest BCUT2D eigenvalue weighted by molar-refractivity contribution is -0.146. The molecule has 0 bridgehead atoms. The fourth-order valence-electron chi connectivity index (χ4n) is 1.72. The van der Waals surface area contributed by atoms with Gasteiger partial charge in [-0.3, -0.25) is 4.79 Å². The zero-order valence-corrected chi connectivity index (χ0v) is 7.23. The summed E-state index contributed by atoms with van der Waals surface area (Å²) in [5.41, 5.74) is 0. The number of nitrogens with zero attached hydrogens (tertiary/aromatic N) is 1. The minimum absolute atomic E-state index is 0.0265. The van der Waals surface area contributed by atoms with E-state index in [-0.39, 0.29) is 18.4 Å². The van der Waals surface area contributed by atoms with E-state index in [2.05, 4.69) is 4.90 Å². The van der Waals surface area contributed by atoms with Gasteiger partial charge in [0.15, 0.2) is 0 Å². The van der Waals surface area contributed by atoms with Crippen molar-refractivity contribution in [1.29, 1.82) is 0 Å². The number of aliphatic hydroxyl groups is 1. The van der Waals surface area contributed by atoms with E-state index < -0.39 is 5.97 Å². The number of aliphatic carboxylic acids is 1. The lowest BCUT2D eigenvalue weighted by Gasteiger charge is -2.33. The van der Waals surface area contributed by atoms with E-state index >= 15 is 0 Å². The second-order valence-corrected chi connectivity index (χ2v) is 3.44. The smallest absolute Gasteiger partial charge is 0.306 e. The predicted octanol–water partition coefficient (Wildman–Crippen LogP) is -0.369. The zero-order valence-electron chi connectivity index (χ0n) is 7.23. The molecule has 0 aliphatic carbocycles. The highest BCUT2D eigenvalue weighted by Crippen LogP contribution is 2.22. The summed E-state index contributed by atoms with van der Waals surface area (Å²) >= 11 is 0. The Balaban J connectivity index is 2.56. The number of piperidine rings is 1. The van der Waals surface area contributed by atoms with Gasteiger partial charge in [0.1, 0.15) is 0 Å². The number of hydrogen-bond acceptors (Lipinski definition) is 3. The Kier molecular flexibility index (Phi) is 3.05. The van der Waals surface area contributed by atoms with Gasteiger partial charge in [-0.25, -0.2) is 0 Å². The number of hydrogen-bond donors (Lipinski definition) is 2. The SMILES string of the molecule is CN1CC[C@@H](C(=O)O)[C@H](CO)C1. The monoisotopic (exact) mass is 173 g/mol. The van der Waals surface area contributed by atoms with Gasteiger partial charge in [-0.05, 0) is 20.0 Å². The molecule has 1 fully saturated rings. The van der Waals surface area contributed by atoms with Crippen LogP contribution < -0.4 is 0 Å². The van der Waals surface area contributed by atoms with Crippen molar-refractivity contribution in [2.45, 2.75) is 6.42 Å². The van der Waals surface area contributed by atoms with Crippen LogP contribution in [-0.4, -0.2) is 47.8 Å². The maximum absolute atomic E-state index is 10.7. The number of carboxylic acids is 1. The number of aliphatic hydroxyl groups excluding tert-OH is 1. The van der Waals surface area contributed by atoms with Gasteiger partial charge in [0.2, 0.25) is 0 Å². The molecule has 0 aromatic heterocycles. The largest absolute Gasteiger partial charge is 0.481 e. The molecule has 2 N–H and O–H groups in total. The summed E-state index contributed by atoms with van der Waals surface area (Å²) in [7, 11) is 1.95. The molecule has 4 heteroatoms. The van der Waals surface area contributed by atoms with Gasteiger partial charge in [0.25, 0.3) is 0 Å². The summed E-state index contributed by atoms with van der Waals surface area (Å²) in [6, 6.07) is 0. The molecule has 1 rings (SSSR count). The van der Waals surface area contributed by atoms with E-state index in [9.17, 15) is 4.79 Å². The third kappa shape index (κ3) is 1.95. The van der Waals surface area contributed by atoms with Gasteiger partial charge in [-0.1, -0.05) is 0 Å². The molecule has 1 heterocycles. The van der Waals surface area contributed by atoms with Crippen LogP contribution in [0.15, 0.2) is 0 Å². The van der Waals surface area contributed by atoms with E-state index in [1.165, 1.54) is 0 Å². The third-order valence-electron chi connectivity index (χ3n) is 2.49. The molecule has 0 saturated carbocycles. The van der Waals surface area contributed by atoms with Crippen LogP contribution in [0, 0.1) is 11.8 Å². The number of carbonyl (C=O) groups is 1. The van der Waals surface area contributed by atoms with Gasteiger partial charge >= 0.3 is 5.97 Å². The first-order valence-corrected chi connectivity index (χ1v) is 4.17. The van der Waals surface area contributed by atoms with Crippen molar-refractivity contribution in [3.63, 3.8) is 0 Å². The Labute approximate surface area is 71.8 Å². The molecule has 4 nitrogen and oxygen atoms in total. The molecule has 0 aromatic rings. The summed E-state index contributed by atoms with van der Waals surface area (Å²) < 4.78 is 0. The van der Waals surface area contributed by atoms with E-state index in [0.717, 1.165) is 6.54 Å². The van der Waals surface area contributed by atoms with Crippen LogP contribution in [0.2, 0.25) is 0 Å². The van der Waals surface area contributed by atoms with Gasteiger partial charge < -0.3 is 15.1 Å². The zero-order chi connectivity index (χ0) is 9.14. The summed E-state index contributed by atoms with van der Waals surface area (Å²) in [4.78, 5) is 12.8. The highest BCUT2D eigenvalue weighted by Gasteiger charge is 2.32. The Morgan fingerprint density at radius 3 is 2.83 bits per heavy atom. The first kappa shape index (κ1) is 9.48. The molecule has 2 atom stereocenters. The topological polar surface area (TPSA) is 60.8 Å². The van der Waals surface area contributed by atoms with Crippen molar-refractivity contribution in [1.82, 2.24) is 4.90 Å². The molecule has 70 valence electrons. The molecule has 0 spiro atoms. The minimum Gasteiger partial charge on any atom is -0.481 e. The standard InChI is InChI=1S/C8H15NO3/c1-9-3-2-7(8(11)12)6(4-9)5-10/h6-7,10H,2-5H2,1H3,(H,11,12)/t6-,7+/m0/s1. The van der Waals surface area contributed by atoms with Crippen LogP contribution in [0.5, 0.6) is 0 Å². The predicted molar refractivity (Wildman–Crippen MR) is 43.8 cm³/mol. The van der Waals surface area contributed by atoms with Crippen LogP contribution in [0.4, 0.5) is 0 Å². The van der Waals surface area contributed by atoms with Crippen LogP contribution in [-0.2, 0) is 4.79 Å². The number of rotatable bonds is 2. The van der Waals surface area contributed by atoms with E-state index in [1.54, 1.807) is 0 Å². The Morgan fingerprint density at radius 1 is 1.67 bits per heavy atom. The quantitative estimate of drug-likeness (QED) is 0.598. The van der Waals surface area contributed by atoms with Gasteiger partial charge in [-0.15, -0.1) is 0 Å². The molecule has 1 saturated heterocycles. The summed E-state index contributed by atoms with van der Waals surface area (Å²) in [5.74, 6) is -1.23. The van der Waals surface area contributed by atoms with Crippen molar-refractivity contribution >= 4 is 5.97 Å². The van der Waals surface area contributed by atoms with E-state index in [4.69, 9.17) is 10.2 Å². The highest BCUT2D eigenvalue weighted by molar-refractivity contribution is 5.70. The summed E-state index contributed by atoms with van der Waals surface area (Å²) in [6.07, 6.45) is 0.650. The van der Waals surface area contributed by atoms with Crippen LogP contribution >= 0.6 is 0 Å². The Morgan fingerprint density at radius 2 is 2.33 bits per heavy atom. The minimum atomic E-state index is -0.776. The van der Waals surface area contributed by atoms with Crippen molar-refractivity contribution in [2.75, 3.05) is 26.7 Å². The first-order valence-electron chi connectivity index (χ1n) is 4.17. The molecular weight excluding hydrogens is 158 g/mol. The first-order chi connectivity index (χ1) is 5.65. The van der Waals surface area contributed by atoms with Crippen molar-refractivity contribution in [2.24, 2.45) is 11.8 Å². The fraction of sp³-hybridized carbons (Fsp3) is 0.875. The van der Waals surface area contributed by atoms with Crippen LogP contribution in [0.1, 0.15) is 6.42 Å². The second kappa shape index (κ2) is 3.87. The average molecular weight is 173 g/mol. The van der Waals surface area contributed by atoms with Crippen molar-refractivity contribution < 1.29 is 15.0 Å². The molecule has 0 amide bonds. The number of likely N-dealkylation sites (tertiary alicyclic amines) is 1. The second-order valence-electron chi connectivity index (χ2n) is 3.44. The average Bonchev–Trinajstić information content (AvgIpc) is 2.03. The molecule has 0 unspecified atom stereocenters. The molecule has 12 heavy (non-hydrogen) atoms. The summed E-state index contributed by atoms with van der Waals surface area (Å²) in [6.45, 7) is 1.47. The molecular formula is C8H15NO3. The fourth-order valence-corrected chi connectivity index (χ4v) is 1.72. The maximum atomic E-state index is 10.7. The Bertz CT molecular complexity index is 172. The molecule has 1 aliphatic rings. The van der Waals surface area contributed by atoms with E-state index in [1.807, 2.05) is 7.05 Å². The van der Waals surface area contributed by atoms with Gasteiger partial charge in [0, 0.05) is 19.1 Å². The van der Waals surface area contributed by atoms with Crippen molar-refractivity contribution in [3.05, 3.63) is 0 Å². The third-order valence-corrected chi connectivity index (χ3v) is 2.49. The highest BCUT2D eigenvalue weighted by atomic mass is 16.4. The van der Waals surface area contributed by atoms with E-state index in [0.29, 0.717) is 13.0 Å². The summed E-state index contributed by atoms with van der Waals surface area (Å²) in [5, 5.41) is 17.7. The Hall–Kier alpha value is -0.610. The van der Waals surface area contributed by atoms with Gasteiger partial charge in [0.05, 0.1) is 5.92 Å². The van der Waals surface area contributed by atoms with Crippen LogP contribution in [0.25, 0.3) is 0 Å². The van der Waals surface area contributed by atoms with Crippen molar-refractivity contribution in [3.8, 4) is 0 Å². The van der Waals surface area contributed by atoms with Crippen LogP contribution in [0.3, 0.4) is 0 Å². The molecule has 1 aliphatic heterocycles. The molecule has 0 aromatic carbocycles. The van der Waals surface area contributed by atoms with Gasteiger partial charge in [-0.2, -0.15) is 0 Å².